The summed E-state index contributed by atoms with van der Waals surface area (Å²) < 4.78 is 22.3. The zero-order valence-electron chi connectivity index (χ0n) is 10.6. The van der Waals surface area contributed by atoms with Gasteiger partial charge in [-0.3, -0.25) is 4.79 Å². The normalized spacial score (nSPS) is 12.0. The predicted molar refractivity (Wildman–Crippen MR) is 78.6 cm³/mol. The molecule has 0 saturated carbocycles. The molecule has 0 atom stereocenters. The van der Waals surface area contributed by atoms with E-state index in [1.165, 1.54) is 36.4 Å². The molecule has 0 aliphatic heterocycles. The van der Waals surface area contributed by atoms with Gasteiger partial charge in [0, 0.05) is 5.56 Å². The Morgan fingerprint density at radius 1 is 0.850 bits per heavy atom. The van der Waals surface area contributed by atoms with E-state index in [-0.39, 0.29) is 10.5 Å². The molecule has 6 heteroatoms. The second kappa shape index (κ2) is 5.29. The summed E-state index contributed by atoms with van der Waals surface area (Å²) in [7, 11) is 7.10. The van der Waals surface area contributed by atoms with Crippen molar-refractivity contribution in [2.45, 2.75) is 9.44 Å². The molecule has 0 aliphatic carbocycles. The van der Waals surface area contributed by atoms with Crippen LogP contribution in [-0.2, 0) is 9.84 Å². The van der Waals surface area contributed by atoms with Gasteiger partial charge in [-0.15, -0.1) is 0 Å². The monoisotopic (exact) mass is 280 g/mol. The van der Waals surface area contributed by atoms with Crippen LogP contribution in [-0.4, -0.2) is 34.4 Å². The number of hydrogen-bond acceptors (Lipinski definition) is 3. The third kappa shape index (κ3) is 2.43. The van der Waals surface area contributed by atoms with Gasteiger partial charge in [-0.05, 0) is 12.1 Å². The third-order valence-electron chi connectivity index (χ3n) is 2.89. The fourth-order valence-electron chi connectivity index (χ4n) is 1.73. The number of carbonyl (C=O) groups excluding carboxylic acids is 1. The molecule has 0 saturated heterocycles. The molecule has 2 aromatic carbocycles. The van der Waals surface area contributed by atoms with Crippen LogP contribution in [0.1, 0.15) is 10.4 Å². The summed E-state index contributed by atoms with van der Waals surface area (Å²) in [6, 6.07) is 15.3. The Balaban J connectivity index is 2.48. The van der Waals surface area contributed by atoms with Crippen LogP contribution in [0.25, 0.3) is 0 Å². The zero-order chi connectivity index (χ0) is 14.8. The number of benzene rings is 2. The lowest BCUT2D eigenvalue weighted by atomic mass is 9.65. The average molecular weight is 280 g/mol. The predicted octanol–water partition coefficient (Wildman–Crippen LogP) is 1.33. The van der Waals surface area contributed by atoms with E-state index >= 15 is 0 Å². The van der Waals surface area contributed by atoms with Crippen LogP contribution in [0.15, 0.2) is 65.6 Å². The number of rotatable bonds is 4. The van der Waals surface area contributed by atoms with Gasteiger partial charge in [0.2, 0.25) is 0 Å². The molecule has 96 valence electrons. The Labute approximate surface area is 120 Å². The van der Waals surface area contributed by atoms with E-state index in [4.69, 9.17) is 15.7 Å². The molecule has 0 heterocycles. The fourth-order valence-corrected chi connectivity index (χ4v) is 3.00. The molecule has 0 amide bonds. The van der Waals surface area contributed by atoms with Gasteiger partial charge in [-0.2, -0.15) is 0 Å². The van der Waals surface area contributed by atoms with Gasteiger partial charge >= 0.3 is 0 Å². The lowest BCUT2D eigenvalue weighted by molar-refractivity contribution is 0.0995. The van der Waals surface area contributed by atoms with Gasteiger partial charge in [0.25, 0.3) is 0 Å². The van der Waals surface area contributed by atoms with Gasteiger partial charge in [-0.25, -0.2) is 8.42 Å². The number of carbonyl (C=O) groups is 1. The summed E-state index contributed by atoms with van der Waals surface area (Å²) >= 11 is 0. The molecule has 0 fully saturated rings. The number of Topliss-reactive ketones (excluding diaryl/α,β-unsaturated/α-hetero) is 1. The van der Waals surface area contributed by atoms with Crippen molar-refractivity contribution in [3.8, 4) is 0 Å². The van der Waals surface area contributed by atoms with E-state index in [0.29, 0.717) is 0 Å². The molecular formula is C14H10B2O3S. The summed E-state index contributed by atoms with van der Waals surface area (Å²) in [5.74, 6) is -0.845. The second-order valence-electron chi connectivity index (χ2n) is 4.30. The molecule has 3 nitrogen and oxygen atoms in total. The van der Waals surface area contributed by atoms with Crippen molar-refractivity contribution < 1.29 is 13.2 Å². The number of hydrogen-bond donors (Lipinski definition) is 0. The van der Waals surface area contributed by atoms with Crippen molar-refractivity contribution in [3.05, 3.63) is 66.2 Å². The molecular weight excluding hydrogens is 270 g/mol. The summed E-state index contributed by atoms with van der Waals surface area (Å²) in [6.07, 6.45) is 0. The van der Waals surface area contributed by atoms with Gasteiger partial charge in [-0.1, -0.05) is 48.5 Å². The number of sulfone groups is 1. The topological polar surface area (TPSA) is 51.2 Å². The smallest absolute Gasteiger partial charge is 0.174 e. The molecule has 2 rings (SSSR count). The minimum Gasteiger partial charge on any atom is -0.294 e. The van der Waals surface area contributed by atoms with E-state index < -0.39 is 20.2 Å². The first-order chi connectivity index (χ1) is 9.37. The quantitative estimate of drug-likeness (QED) is 0.627. The molecule has 0 spiro atoms. The van der Waals surface area contributed by atoms with Gasteiger partial charge < -0.3 is 0 Å². The minimum atomic E-state index is -4.18. The van der Waals surface area contributed by atoms with Crippen molar-refractivity contribution >= 4 is 31.3 Å². The second-order valence-corrected chi connectivity index (χ2v) is 6.46. The van der Waals surface area contributed by atoms with Crippen LogP contribution in [0.3, 0.4) is 0 Å². The van der Waals surface area contributed by atoms with Crippen molar-refractivity contribution in [3.63, 3.8) is 0 Å². The standard InChI is InChI=1S/C14H10B2O3S/c15-14(16,13(17)11-7-3-1-4-8-11)20(18,19)12-9-5-2-6-10-12/h1-10H. The molecule has 20 heavy (non-hydrogen) atoms. The summed E-state index contributed by atoms with van der Waals surface area (Å²) in [5, 5.41) is 0. The molecule has 2 aromatic rings. The van der Waals surface area contributed by atoms with Crippen molar-refractivity contribution in [2.24, 2.45) is 0 Å². The average Bonchev–Trinajstić information content (AvgIpc) is 2.48. The van der Waals surface area contributed by atoms with E-state index in [1.54, 1.807) is 24.3 Å². The SMILES string of the molecule is [B]C([B])(C(=O)c1ccccc1)S(=O)(=O)c1ccccc1. The van der Waals surface area contributed by atoms with E-state index in [9.17, 15) is 13.2 Å². The fraction of sp³-hybridized carbons (Fsp3) is 0.0714. The maximum Gasteiger partial charge on any atom is 0.174 e. The first-order valence-electron chi connectivity index (χ1n) is 5.84. The van der Waals surface area contributed by atoms with Crippen LogP contribution in [0.4, 0.5) is 0 Å². The summed E-state index contributed by atoms with van der Waals surface area (Å²) in [6.45, 7) is 0. The molecule has 0 aromatic heterocycles. The van der Waals surface area contributed by atoms with Crippen LogP contribution in [0.2, 0.25) is 0 Å². The maximum atomic E-state index is 12.4. The van der Waals surface area contributed by atoms with Crippen LogP contribution in [0.5, 0.6) is 0 Å². The van der Waals surface area contributed by atoms with Gasteiger partial charge in [0.1, 0.15) is 0 Å². The Morgan fingerprint density at radius 3 is 1.80 bits per heavy atom. The number of ketones is 1. The lowest BCUT2D eigenvalue weighted by Gasteiger charge is -2.24. The van der Waals surface area contributed by atoms with Crippen molar-refractivity contribution in [1.82, 2.24) is 0 Å². The van der Waals surface area contributed by atoms with Crippen LogP contribution < -0.4 is 0 Å². The van der Waals surface area contributed by atoms with Crippen LogP contribution in [0, 0.1) is 0 Å². The highest BCUT2D eigenvalue weighted by Gasteiger charge is 2.41. The Bertz CT molecular complexity index is 711. The van der Waals surface area contributed by atoms with Gasteiger partial charge in [0.05, 0.1) is 25.1 Å². The van der Waals surface area contributed by atoms with E-state index in [1.807, 2.05) is 0 Å². The lowest BCUT2D eigenvalue weighted by Crippen LogP contribution is -2.47. The molecule has 4 radical (unpaired) electrons. The van der Waals surface area contributed by atoms with E-state index in [2.05, 4.69) is 0 Å². The first-order valence-corrected chi connectivity index (χ1v) is 7.33. The highest BCUT2D eigenvalue weighted by atomic mass is 32.2. The van der Waals surface area contributed by atoms with E-state index in [0.717, 1.165) is 0 Å². The molecule has 0 unspecified atom stereocenters. The molecule has 0 bridgehead atoms. The Hall–Kier alpha value is -1.81. The van der Waals surface area contributed by atoms with Crippen molar-refractivity contribution in [2.75, 3.05) is 0 Å². The van der Waals surface area contributed by atoms with Crippen LogP contribution >= 0.6 is 0 Å². The largest absolute Gasteiger partial charge is 0.294 e. The Morgan fingerprint density at radius 2 is 1.30 bits per heavy atom. The summed E-state index contributed by atoms with van der Waals surface area (Å²) in [4.78, 5) is 12.2. The van der Waals surface area contributed by atoms with Crippen molar-refractivity contribution in [1.29, 1.82) is 0 Å². The third-order valence-corrected chi connectivity index (χ3v) is 4.86. The zero-order valence-corrected chi connectivity index (χ0v) is 11.4. The summed E-state index contributed by atoms with van der Waals surface area (Å²) in [5.41, 5.74) is 0.150. The Kier molecular flexibility index (Phi) is 3.86. The molecule has 0 N–H and O–H groups in total. The molecule has 0 aliphatic rings. The highest BCUT2D eigenvalue weighted by molar-refractivity contribution is 7.96. The highest BCUT2D eigenvalue weighted by Crippen LogP contribution is 2.24. The maximum absolute atomic E-state index is 12.4. The first kappa shape index (κ1) is 14.6. The van der Waals surface area contributed by atoms with Gasteiger partial charge in [0.15, 0.2) is 15.6 Å². The minimum absolute atomic E-state index is 0.0886.